The standard InChI is InChI=1S/C21H14N4O4S2/c22-17-9-8-16-18-14(17)2-1-3-15(18)19(26)25(20(16)27)12-4-6-13(7-5-12)31(28,29)24-21-23-10-11-30-21/h1-11H,22H2,(H,23,24). The van der Waals surface area contributed by atoms with Crippen LogP contribution in [0.4, 0.5) is 16.5 Å². The fraction of sp³-hybridized carbons (Fsp3) is 0. The number of nitrogens with two attached hydrogens (primary N) is 1. The van der Waals surface area contributed by atoms with E-state index in [9.17, 15) is 18.0 Å². The first-order chi connectivity index (χ1) is 14.9. The van der Waals surface area contributed by atoms with Gasteiger partial charge in [-0.15, -0.1) is 11.3 Å². The molecule has 3 N–H and O–H groups in total. The first-order valence-corrected chi connectivity index (χ1v) is 11.5. The number of anilines is 3. The molecule has 0 bridgehead atoms. The van der Waals surface area contributed by atoms with E-state index in [-0.39, 0.29) is 15.7 Å². The van der Waals surface area contributed by atoms with Crippen molar-refractivity contribution in [1.82, 2.24) is 4.98 Å². The molecule has 10 heteroatoms. The molecule has 31 heavy (non-hydrogen) atoms. The van der Waals surface area contributed by atoms with Gasteiger partial charge in [-0.1, -0.05) is 12.1 Å². The largest absolute Gasteiger partial charge is 0.398 e. The SMILES string of the molecule is Nc1ccc2c3c(cccc13)C(=O)N(c1ccc(S(=O)(=O)Nc3nccs3)cc1)C2=O. The first kappa shape index (κ1) is 19.2. The van der Waals surface area contributed by atoms with Gasteiger partial charge in [0.25, 0.3) is 21.8 Å². The Bertz CT molecular complexity index is 1440. The number of hydrogen-bond acceptors (Lipinski definition) is 7. The molecule has 0 spiro atoms. The summed E-state index contributed by atoms with van der Waals surface area (Å²) in [4.78, 5) is 31.2. The van der Waals surface area contributed by atoms with E-state index in [0.29, 0.717) is 27.6 Å². The van der Waals surface area contributed by atoms with Crippen molar-refractivity contribution in [2.75, 3.05) is 15.4 Å². The molecule has 154 valence electrons. The highest BCUT2D eigenvalue weighted by Crippen LogP contribution is 2.35. The van der Waals surface area contributed by atoms with Crippen LogP contribution in [0.3, 0.4) is 0 Å². The van der Waals surface area contributed by atoms with Gasteiger partial charge < -0.3 is 5.73 Å². The minimum absolute atomic E-state index is 0.0152. The molecule has 5 rings (SSSR count). The van der Waals surface area contributed by atoms with Crippen LogP contribution >= 0.6 is 11.3 Å². The second kappa shape index (κ2) is 6.89. The Morgan fingerprint density at radius 1 is 0.935 bits per heavy atom. The summed E-state index contributed by atoms with van der Waals surface area (Å²) in [6, 6.07) is 13.9. The van der Waals surface area contributed by atoms with Crippen LogP contribution < -0.4 is 15.4 Å². The number of aromatic nitrogens is 1. The lowest BCUT2D eigenvalue weighted by molar-refractivity contribution is 0.0893. The van der Waals surface area contributed by atoms with Gasteiger partial charge in [0.15, 0.2) is 5.13 Å². The fourth-order valence-corrected chi connectivity index (χ4v) is 5.36. The molecule has 3 aromatic carbocycles. The van der Waals surface area contributed by atoms with E-state index >= 15 is 0 Å². The number of carbonyl (C=O) groups excluding carboxylic acids is 2. The number of imide groups is 1. The molecule has 0 aliphatic carbocycles. The molecule has 0 atom stereocenters. The van der Waals surface area contributed by atoms with E-state index in [0.717, 1.165) is 16.2 Å². The molecule has 1 aromatic heterocycles. The zero-order chi connectivity index (χ0) is 21.8. The summed E-state index contributed by atoms with van der Waals surface area (Å²) < 4.78 is 27.5. The normalized spacial score (nSPS) is 13.6. The fourth-order valence-electron chi connectivity index (χ4n) is 3.58. The number of amides is 2. The van der Waals surface area contributed by atoms with Crippen LogP contribution in [0.5, 0.6) is 0 Å². The van der Waals surface area contributed by atoms with E-state index in [1.165, 1.54) is 30.5 Å². The number of carbonyl (C=O) groups is 2. The van der Waals surface area contributed by atoms with Crippen LogP contribution in [0, 0.1) is 0 Å². The molecular formula is C21H14N4O4S2. The monoisotopic (exact) mass is 450 g/mol. The zero-order valence-corrected chi connectivity index (χ0v) is 17.4. The molecule has 4 aromatic rings. The lowest BCUT2D eigenvalue weighted by atomic mass is 9.93. The summed E-state index contributed by atoms with van der Waals surface area (Å²) in [5.74, 6) is -0.990. The van der Waals surface area contributed by atoms with Crippen LogP contribution in [0.2, 0.25) is 0 Å². The van der Waals surface area contributed by atoms with E-state index in [1.807, 2.05) is 0 Å². The highest BCUT2D eigenvalue weighted by atomic mass is 32.2. The minimum atomic E-state index is -3.85. The number of nitrogens with zero attached hydrogens (tertiary/aromatic N) is 2. The maximum atomic E-state index is 13.1. The highest BCUT2D eigenvalue weighted by Gasteiger charge is 2.34. The quantitative estimate of drug-likeness (QED) is 0.363. The van der Waals surface area contributed by atoms with Gasteiger partial charge in [-0.3, -0.25) is 14.3 Å². The number of hydrogen-bond donors (Lipinski definition) is 2. The van der Waals surface area contributed by atoms with Gasteiger partial charge in [0, 0.05) is 39.2 Å². The number of nitrogen functional groups attached to an aromatic ring is 1. The molecule has 0 saturated heterocycles. The van der Waals surface area contributed by atoms with Crippen molar-refractivity contribution in [3.8, 4) is 0 Å². The summed E-state index contributed by atoms with van der Waals surface area (Å²) in [7, 11) is -3.85. The van der Waals surface area contributed by atoms with Gasteiger partial charge >= 0.3 is 0 Å². The number of nitrogens with one attached hydrogen (secondary N) is 1. The van der Waals surface area contributed by atoms with Crippen LogP contribution in [0.1, 0.15) is 20.7 Å². The third-order valence-corrected chi connectivity index (χ3v) is 7.17. The number of thiazole rings is 1. The molecule has 0 radical (unpaired) electrons. The summed E-state index contributed by atoms with van der Waals surface area (Å²) in [6.07, 6.45) is 1.49. The van der Waals surface area contributed by atoms with Crippen molar-refractivity contribution >= 4 is 60.5 Å². The Balaban J connectivity index is 1.53. The molecule has 1 aliphatic rings. The molecule has 1 aliphatic heterocycles. The Morgan fingerprint density at radius 3 is 2.32 bits per heavy atom. The zero-order valence-electron chi connectivity index (χ0n) is 15.8. The van der Waals surface area contributed by atoms with Crippen LogP contribution in [-0.4, -0.2) is 25.2 Å². The predicted molar refractivity (Wildman–Crippen MR) is 119 cm³/mol. The van der Waals surface area contributed by atoms with E-state index in [4.69, 9.17) is 5.73 Å². The smallest absolute Gasteiger partial charge is 0.265 e. The first-order valence-electron chi connectivity index (χ1n) is 9.09. The van der Waals surface area contributed by atoms with E-state index in [1.54, 1.807) is 35.7 Å². The maximum absolute atomic E-state index is 13.1. The lowest BCUT2D eigenvalue weighted by Crippen LogP contribution is -2.40. The molecule has 0 saturated carbocycles. The van der Waals surface area contributed by atoms with Crippen LogP contribution in [0.15, 0.2) is 71.1 Å². The van der Waals surface area contributed by atoms with Gasteiger partial charge in [0.1, 0.15) is 0 Å². The lowest BCUT2D eigenvalue weighted by Gasteiger charge is -2.27. The van der Waals surface area contributed by atoms with Crippen molar-refractivity contribution in [3.05, 3.63) is 77.3 Å². The average Bonchev–Trinajstić information content (AvgIpc) is 3.26. The molecule has 0 fully saturated rings. The van der Waals surface area contributed by atoms with Gasteiger partial charge in [0.05, 0.1) is 10.6 Å². The van der Waals surface area contributed by atoms with Crippen molar-refractivity contribution in [1.29, 1.82) is 0 Å². The van der Waals surface area contributed by atoms with Gasteiger partial charge in [-0.2, -0.15) is 0 Å². The Hall–Kier alpha value is -3.76. The second-order valence-electron chi connectivity index (χ2n) is 6.81. The van der Waals surface area contributed by atoms with Gasteiger partial charge in [-0.05, 0) is 42.5 Å². The number of sulfonamides is 1. The van der Waals surface area contributed by atoms with Crippen LogP contribution in [0.25, 0.3) is 10.8 Å². The van der Waals surface area contributed by atoms with Gasteiger partial charge in [0.2, 0.25) is 0 Å². The summed E-state index contributed by atoms with van der Waals surface area (Å²) >= 11 is 1.16. The van der Waals surface area contributed by atoms with Crippen molar-refractivity contribution in [3.63, 3.8) is 0 Å². The van der Waals surface area contributed by atoms with E-state index < -0.39 is 21.8 Å². The summed E-state index contributed by atoms with van der Waals surface area (Å²) in [5.41, 5.74) is 7.49. The average molecular weight is 451 g/mol. The minimum Gasteiger partial charge on any atom is -0.398 e. The van der Waals surface area contributed by atoms with Crippen LogP contribution in [-0.2, 0) is 10.0 Å². The van der Waals surface area contributed by atoms with Gasteiger partial charge in [-0.25, -0.2) is 18.3 Å². The molecule has 8 nitrogen and oxygen atoms in total. The van der Waals surface area contributed by atoms with Crippen molar-refractivity contribution in [2.24, 2.45) is 0 Å². The third-order valence-electron chi connectivity index (χ3n) is 5.00. The third kappa shape index (κ3) is 3.04. The highest BCUT2D eigenvalue weighted by molar-refractivity contribution is 7.93. The van der Waals surface area contributed by atoms with E-state index in [2.05, 4.69) is 9.71 Å². The molecule has 2 amide bonds. The summed E-state index contributed by atoms with van der Waals surface area (Å²) in [6.45, 7) is 0. The van der Waals surface area contributed by atoms with Crippen molar-refractivity contribution < 1.29 is 18.0 Å². The molecule has 0 unspecified atom stereocenters. The molecular weight excluding hydrogens is 436 g/mol. The maximum Gasteiger partial charge on any atom is 0.265 e. The second-order valence-corrected chi connectivity index (χ2v) is 9.39. The number of benzene rings is 3. The Morgan fingerprint density at radius 2 is 1.65 bits per heavy atom. The topological polar surface area (TPSA) is 122 Å². The molecule has 2 heterocycles. The Labute approximate surface area is 181 Å². The van der Waals surface area contributed by atoms with Crippen molar-refractivity contribution in [2.45, 2.75) is 4.90 Å². The summed E-state index contributed by atoms with van der Waals surface area (Å²) in [5, 5.41) is 3.07. The Kier molecular flexibility index (Phi) is 4.27. The predicted octanol–water partition coefficient (Wildman–Crippen LogP) is 3.48. The number of rotatable bonds is 4.